The van der Waals surface area contributed by atoms with Gasteiger partial charge in [-0.2, -0.15) is 0 Å². The van der Waals surface area contributed by atoms with Crippen LogP contribution >= 0.6 is 0 Å². The largest absolute Gasteiger partial charge is 0.394 e. The third kappa shape index (κ3) is 8.76. The molecule has 0 aromatic heterocycles. The highest BCUT2D eigenvalue weighted by Crippen LogP contribution is 1.86. The minimum absolute atomic E-state index is 0.958. The van der Waals surface area contributed by atoms with Crippen molar-refractivity contribution < 1.29 is 0 Å². The van der Waals surface area contributed by atoms with E-state index in [1.54, 1.807) is 6.08 Å². The molecule has 0 radical (unpaired) electrons. The van der Waals surface area contributed by atoms with E-state index in [1.165, 1.54) is 0 Å². The van der Waals surface area contributed by atoms with Crippen LogP contribution in [0.4, 0.5) is 0 Å². The lowest BCUT2D eigenvalue weighted by Crippen LogP contribution is -1.89. The van der Waals surface area contributed by atoms with Crippen molar-refractivity contribution in [3.63, 3.8) is 0 Å². The van der Waals surface area contributed by atoms with E-state index >= 15 is 0 Å². The Balaban J connectivity index is 3.36. The van der Waals surface area contributed by atoms with Gasteiger partial charge in [0.05, 0.1) is 0 Å². The summed E-state index contributed by atoms with van der Waals surface area (Å²) in [6, 6.07) is 0. The van der Waals surface area contributed by atoms with Crippen molar-refractivity contribution in [3.05, 3.63) is 49.2 Å². The fraction of sp³-hybridized carbons (Fsp3) is 0.200. The van der Waals surface area contributed by atoms with Gasteiger partial charge in [0.25, 0.3) is 0 Å². The fourth-order valence-electron chi connectivity index (χ4n) is 0.562. The molecular formula is C10H15N. The third-order valence-corrected chi connectivity index (χ3v) is 1.05. The molecule has 0 atom stereocenters. The van der Waals surface area contributed by atoms with Gasteiger partial charge in [0.15, 0.2) is 0 Å². The van der Waals surface area contributed by atoms with Crippen LogP contribution in [0, 0.1) is 0 Å². The van der Waals surface area contributed by atoms with Crippen LogP contribution in [0.2, 0.25) is 0 Å². The van der Waals surface area contributed by atoms with Crippen LogP contribution in [-0.2, 0) is 0 Å². The van der Waals surface area contributed by atoms with E-state index in [4.69, 9.17) is 0 Å². The van der Waals surface area contributed by atoms with Crippen molar-refractivity contribution in [2.75, 3.05) is 7.05 Å². The highest BCUT2D eigenvalue weighted by Gasteiger charge is 1.66. The van der Waals surface area contributed by atoms with Crippen molar-refractivity contribution in [1.82, 2.24) is 5.32 Å². The van der Waals surface area contributed by atoms with E-state index in [0.29, 0.717) is 0 Å². The molecule has 0 rings (SSSR count). The average Bonchev–Trinajstić information content (AvgIpc) is 2.03. The Hall–Kier alpha value is -1.24. The lowest BCUT2D eigenvalue weighted by Gasteiger charge is -1.80. The Morgan fingerprint density at radius 3 is 2.55 bits per heavy atom. The molecule has 60 valence electrons. The molecule has 0 aliphatic carbocycles. The molecule has 1 N–H and O–H groups in total. The minimum atomic E-state index is 0.958. The van der Waals surface area contributed by atoms with Crippen LogP contribution in [0.3, 0.4) is 0 Å². The maximum absolute atomic E-state index is 3.57. The topological polar surface area (TPSA) is 12.0 Å². The Bertz CT molecular complexity index is 164. The Kier molecular flexibility index (Phi) is 7.77. The van der Waals surface area contributed by atoms with E-state index in [9.17, 15) is 0 Å². The van der Waals surface area contributed by atoms with E-state index in [1.807, 2.05) is 31.5 Å². The predicted octanol–water partition coefficient (Wildman–Crippen LogP) is 2.41. The molecule has 1 nitrogen and oxygen atoms in total. The molecule has 0 spiro atoms. The molecule has 0 aliphatic heterocycles. The fourth-order valence-corrected chi connectivity index (χ4v) is 0.562. The number of rotatable bonds is 5. The molecule has 0 saturated heterocycles. The molecule has 0 bridgehead atoms. The van der Waals surface area contributed by atoms with Crippen molar-refractivity contribution in [3.8, 4) is 0 Å². The smallest absolute Gasteiger partial charge is 0.00277 e. The molecule has 0 aliphatic rings. The molecule has 0 aromatic carbocycles. The summed E-state index contributed by atoms with van der Waals surface area (Å²) in [5.41, 5.74) is 0. The maximum atomic E-state index is 3.57. The van der Waals surface area contributed by atoms with Gasteiger partial charge in [-0.1, -0.05) is 37.0 Å². The third-order valence-electron chi connectivity index (χ3n) is 1.05. The van der Waals surface area contributed by atoms with Crippen LogP contribution in [0.5, 0.6) is 0 Å². The quantitative estimate of drug-likeness (QED) is 0.592. The van der Waals surface area contributed by atoms with Gasteiger partial charge >= 0.3 is 0 Å². The van der Waals surface area contributed by atoms with Crippen molar-refractivity contribution >= 4 is 0 Å². The zero-order valence-electron chi connectivity index (χ0n) is 6.96. The summed E-state index contributed by atoms with van der Waals surface area (Å²) >= 11 is 0. The summed E-state index contributed by atoms with van der Waals surface area (Å²) < 4.78 is 0. The SMILES string of the molecule is C=C/C=C/C/C=C\C=C/NC. The highest BCUT2D eigenvalue weighted by molar-refractivity contribution is 5.06. The van der Waals surface area contributed by atoms with Crippen LogP contribution in [-0.4, -0.2) is 7.05 Å². The first-order valence-electron chi connectivity index (χ1n) is 3.68. The molecule has 0 saturated carbocycles. The average molecular weight is 149 g/mol. The van der Waals surface area contributed by atoms with Crippen molar-refractivity contribution in [2.24, 2.45) is 0 Å². The molecule has 0 heterocycles. The first-order chi connectivity index (χ1) is 5.41. The second kappa shape index (κ2) is 8.76. The molecule has 0 aromatic rings. The maximum Gasteiger partial charge on any atom is 0.00277 e. The van der Waals surface area contributed by atoms with Crippen LogP contribution in [0.15, 0.2) is 49.2 Å². The van der Waals surface area contributed by atoms with E-state index in [0.717, 1.165) is 6.42 Å². The van der Waals surface area contributed by atoms with Crippen LogP contribution in [0.25, 0.3) is 0 Å². The summed E-state index contributed by atoms with van der Waals surface area (Å²) in [5, 5.41) is 2.90. The van der Waals surface area contributed by atoms with Gasteiger partial charge in [0.1, 0.15) is 0 Å². The van der Waals surface area contributed by atoms with E-state index < -0.39 is 0 Å². The molecule has 0 unspecified atom stereocenters. The van der Waals surface area contributed by atoms with Gasteiger partial charge in [-0.3, -0.25) is 0 Å². The van der Waals surface area contributed by atoms with Gasteiger partial charge < -0.3 is 5.32 Å². The number of hydrogen-bond acceptors (Lipinski definition) is 1. The molecule has 11 heavy (non-hydrogen) atoms. The zero-order chi connectivity index (χ0) is 8.36. The summed E-state index contributed by atoms with van der Waals surface area (Å²) in [6.07, 6.45) is 14.6. The zero-order valence-corrected chi connectivity index (χ0v) is 6.96. The summed E-state index contributed by atoms with van der Waals surface area (Å²) in [7, 11) is 1.88. The van der Waals surface area contributed by atoms with E-state index in [-0.39, 0.29) is 0 Å². The Morgan fingerprint density at radius 1 is 1.18 bits per heavy atom. The predicted molar refractivity (Wildman–Crippen MR) is 51.3 cm³/mol. The lowest BCUT2D eigenvalue weighted by atomic mass is 10.3. The molecule has 1 heteroatoms. The van der Waals surface area contributed by atoms with Crippen LogP contribution in [0.1, 0.15) is 6.42 Å². The summed E-state index contributed by atoms with van der Waals surface area (Å²) in [6.45, 7) is 3.57. The lowest BCUT2D eigenvalue weighted by molar-refractivity contribution is 1.10. The van der Waals surface area contributed by atoms with Gasteiger partial charge in [-0.15, -0.1) is 0 Å². The number of hydrogen-bond donors (Lipinski definition) is 1. The van der Waals surface area contributed by atoms with Crippen molar-refractivity contribution in [1.29, 1.82) is 0 Å². The summed E-state index contributed by atoms with van der Waals surface area (Å²) in [5.74, 6) is 0. The number of nitrogens with one attached hydrogen (secondary N) is 1. The molecule has 0 fully saturated rings. The number of allylic oxidation sites excluding steroid dienone is 6. The van der Waals surface area contributed by atoms with Crippen LogP contribution < -0.4 is 5.32 Å². The standard InChI is InChI=1S/C10H15N/c1-3-4-5-6-7-8-9-10-11-2/h3-5,7-11H,1,6H2,2H3/b5-4+,8-7-,10-9-. The van der Waals surface area contributed by atoms with Crippen molar-refractivity contribution in [2.45, 2.75) is 6.42 Å². The van der Waals surface area contributed by atoms with Gasteiger partial charge in [-0.05, 0) is 18.7 Å². The monoisotopic (exact) mass is 149 g/mol. The van der Waals surface area contributed by atoms with Gasteiger partial charge in [0.2, 0.25) is 0 Å². The normalized spacial score (nSPS) is 11.7. The Labute approximate surface area is 68.8 Å². The molecule has 0 amide bonds. The summed E-state index contributed by atoms with van der Waals surface area (Å²) in [4.78, 5) is 0. The first-order valence-corrected chi connectivity index (χ1v) is 3.68. The first kappa shape index (κ1) is 9.76. The highest BCUT2D eigenvalue weighted by atomic mass is 14.8. The minimum Gasteiger partial charge on any atom is -0.394 e. The second-order valence-corrected chi connectivity index (χ2v) is 1.98. The van der Waals surface area contributed by atoms with Gasteiger partial charge in [0, 0.05) is 7.05 Å². The second-order valence-electron chi connectivity index (χ2n) is 1.98. The molecular weight excluding hydrogens is 134 g/mol. The van der Waals surface area contributed by atoms with Gasteiger partial charge in [-0.25, -0.2) is 0 Å². The Morgan fingerprint density at radius 2 is 1.91 bits per heavy atom. The van der Waals surface area contributed by atoms with E-state index in [2.05, 4.69) is 24.0 Å².